The highest BCUT2D eigenvalue weighted by molar-refractivity contribution is 6.65. The fourth-order valence-electron chi connectivity index (χ4n) is 4.08. The molecule has 3 nitrogen and oxygen atoms in total. The van der Waals surface area contributed by atoms with Crippen LogP contribution in [0.15, 0.2) is 60.3 Å². The summed E-state index contributed by atoms with van der Waals surface area (Å²) in [4.78, 5) is 13.4. The van der Waals surface area contributed by atoms with Gasteiger partial charge in [-0.1, -0.05) is 29.8 Å². The highest BCUT2D eigenvalue weighted by atomic mass is 35.5. The minimum absolute atomic E-state index is 0.281. The first kappa shape index (κ1) is 21.0. The summed E-state index contributed by atoms with van der Waals surface area (Å²) in [6.07, 6.45) is 7.71. The maximum Gasteiger partial charge on any atom is 0.248 e. The lowest BCUT2D eigenvalue weighted by molar-refractivity contribution is -0.115. The Balaban J connectivity index is 1.34. The Morgan fingerprint density at radius 2 is 1.97 bits per heavy atom. The number of halogens is 2. The fraction of sp³-hybridized carbons (Fsp3) is 0.320. The number of benzene rings is 2. The van der Waals surface area contributed by atoms with Gasteiger partial charge < -0.3 is 9.64 Å². The van der Waals surface area contributed by atoms with Crippen molar-refractivity contribution < 1.29 is 9.53 Å². The monoisotopic (exact) mass is 441 g/mol. The van der Waals surface area contributed by atoms with Crippen LogP contribution in [0.1, 0.15) is 36.5 Å². The molecule has 0 saturated heterocycles. The van der Waals surface area contributed by atoms with Crippen LogP contribution in [0, 0.1) is 0 Å². The number of carbonyl (C=O) groups is 1. The molecule has 0 spiro atoms. The number of allylic oxidation sites excluding steroid dienone is 1. The predicted molar refractivity (Wildman–Crippen MR) is 123 cm³/mol. The first-order chi connectivity index (χ1) is 14.5. The number of fused-ring (bicyclic) bond motifs is 1. The molecule has 2 aromatic rings. The van der Waals surface area contributed by atoms with Gasteiger partial charge in [-0.15, -0.1) is 0 Å². The molecule has 0 radical (unpaired) electrons. The summed E-state index contributed by atoms with van der Waals surface area (Å²) in [5, 5.41) is 0.454. The number of nitrogens with zero attached hydrogens (tertiary/aromatic N) is 1. The highest BCUT2D eigenvalue weighted by Gasteiger charge is 2.28. The lowest BCUT2D eigenvalue weighted by Gasteiger charge is -2.35. The number of carbonyl (C=O) groups excluding carboxylic acids is 1. The average molecular weight is 442 g/mol. The molecule has 0 aromatic heterocycles. The smallest absolute Gasteiger partial charge is 0.248 e. The molecule has 1 aliphatic carbocycles. The van der Waals surface area contributed by atoms with Gasteiger partial charge in [0.1, 0.15) is 11.8 Å². The second-order valence-electron chi connectivity index (χ2n) is 7.89. The minimum Gasteiger partial charge on any atom is -0.494 e. The van der Waals surface area contributed by atoms with Crippen LogP contribution in [0.25, 0.3) is 5.57 Å². The van der Waals surface area contributed by atoms with Crippen LogP contribution in [-0.2, 0) is 17.6 Å². The minimum atomic E-state index is -0.315. The summed E-state index contributed by atoms with van der Waals surface area (Å²) >= 11 is 11.6. The lowest BCUT2D eigenvalue weighted by Crippen LogP contribution is -2.42. The summed E-state index contributed by atoms with van der Waals surface area (Å²) in [7, 11) is 0. The van der Waals surface area contributed by atoms with E-state index in [0.29, 0.717) is 6.61 Å². The first-order valence-corrected chi connectivity index (χ1v) is 11.1. The van der Waals surface area contributed by atoms with Gasteiger partial charge in [-0.25, -0.2) is 0 Å². The fourth-order valence-corrected chi connectivity index (χ4v) is 4.41. The van der Waals surface area contributed by atoms with Crippen molar-refractivity contribution in [3.8, 4) is 5.75 Å². The molecule has 5 heteroatoms. The summed E-state index contributed by atoms with van der Waals surface area (Å²) in [6, 6.07) is 14.1. The van der Waals surface area contributed by atoms with Gasteiger partial charge in [0.25, 0.3) is 0 Å². The quantitative estimate of drug-likeness (QED) is 0.369. The second kappa shape index (κ2) is 9.28. The Labute approximate surface area is 187 Å². The molecule has 1 aliphatic heterocycles. The molecule has 2 aromatic carbocycles. The van der Waals surface area contributed by atoms with E-state index < -0.39 is 0 Å². The first-order valence-electron chi connectivity index (χ1n) is 10.3. The summed E-state index contributed by atoms with van der Waals surface area (Å²) in [5.74, 6) is 0.930. The van der Waals surface area contributed by atoms with Crippen LogP contribution in [0.4, 0.5) is 0 Å². The molecule has 0 saturated carbocycles. The summed E-state index contributed by atoms with van der Waals surface area (Å²) in [6.45, 7) is 3.62. The molecule has 2 aliphatic rings. The maximum atomic E-state index is 11.4. The third kappa shape index (κ3) is 4.74. The van der Waals surface area contributed by atoms with E-state index in [1.165, 1.54) is 27.8 Å². The van der Waals surface area contributed by atoms with E-state index in [0.717, 1.165) is 43.0 Å². The third-order valence-corrected chi connectivity index (χ3v) is 6.40. The predicted octanol–water partition coefficient (Wildman–Crippen LogP) is 6.03. The molecule has 1 heterocycles. The van der Waals surface area contributed by atoms with E-state index in [1.54, 1.807) is 0 Å². The zero-order valence-electron chi connectivity index (χ0n) is 17.0. The van der Waals surface area contributed by atoms with E-state index in [9.17, 15) is 4.79 Å². The van der Waals surface area contributed by atoms with Crippen molar-refractivity contribution >= 4 is 34.0 Å². The van der Waals surface area contributed by atoms with Crippen LogP contribution in [0.3, 0.4) is 0 Å². The Hall–Kier alpha value is -2.23. The molecule has 30 heavy (non-hydrogen) atoms. The molecule has 1 unspecified atom stereocenters. The van der Waals surface area contributed by atoms with Crippen LogP contribution in [0.5, 0.6) is 5.75 Å². The van der Waals surface area contributed by atoms with Crippen molar-refractivity contribution in [3.05, 3.63) is 82.0 Å². The number of hydrogen-bond donors (Lipinski definition) is 0. The van der Waals surface area contributed by atoms with Crippen molar-refractivity contribution in [2.24, 2.45) is 0 Å². The van der Waals surface area contributed by atoms with Gasteiger partial charge in [0.05, 0.1) is 6.61 Å². The standard InChI is InChI=1S/C25H25Cl2NO2/c1-17-20(16-28-13-12-24(28)25(27)29)7-6-19-15-22(10-11-23(17)19)30-14-2-3-18-4-8-21(26)9-5-18/h4-5,8-13,15,24H,2-3,6-7,14,16H2,1H3. The van der Waals surface area contributed by atoms with Crippen LogP contribution in [-0.4, -0.2) is 29.3 Å². The maximum absolute atomic E-state index is 11.4. The molecular formula is C25H25Cl2NO2. The van der Waals surface area contributed by atoms with E-state index in [1.807, 2.05) is 29.3 Å². The van der Waals surface area contributed by atoms with Gasteiger partial charge in [-0.05, 0) is 109 Å². The molecule has 4 rings (SSSR count). The Kier molecular flexibility index (Phi) is 6.50. The number of aryl methyl sites for hydroxylation is 2. The molecule has 0 fully saturated rings. The van der Waals surface area contributed by atoms with E-state index in [4.69, 9.17) is 27.9 Å². The van der Waals surface area contributed by atoms with Gasteiger partial charge in [-0.3, -0.25) is 4.79 Å². The molecule has 156 valence electrons. The SMILES string of the molecule is CC1=C(CN2C=CC2C(=O)Cl)CCc2cc(OCCCc3ccc(Cl)cc3)ccc21. The van der Waals surface area contributed by atoms with Crippen LogP contribution < -0.4 is 4.74 Å². The molecule has 0 N–H and O–H groups in total. The lowest BCUT2D eigenvalue weighted by atomic mass is 9.85. The zero-order valence-corrected chi connectivity index (χ0v) is 18.5. The third-order valence-electron chi connectivity index (χ3n) is 5.92. The highest BCUT2D eigenvalue weighted by Crippen LogP contribution is 2.34. The van der Waals surface area contributed by atoms with Gasteiger partial charge in [0.2, 0.25) is 5.24 Å². The van der Waals surface area contributed by atoms with Crippen molar-refractivity contribution in [1.82, 2.24) is 4.90 Å². The van der Waals surface area contributed by atoms with Gasteiger partial charge in [0.15, 0.2) is 0 Å². The Bertz CT molecular complexity index is 995. The van der Waals surface area contributed by atoms with Crippen LogP contribution in [0.2, 0.25) is 5.02 Å². The van der Waals surface area contributed by atoms with Gasteiger partial charge >= 0.3 is 0 Å². The molecule has 0 bridgehead atoms. The van der Waals surface area contributed by atoms with Crippen molar-refractivity contribution in [1.29, 1.82) is 0 Å². The largest absolute Gasteiger partial charge is 0.494 e. The molecule has 0 amide bonds. The summed E-state index contributed by atoms with van der Waals surface area (Å²) in [5.41, 5.74) is 6.55. The van der Waals surface area contributed by atoms with E-state index in [2.05, 4.69) is 37.3 Å². The second-order valence-corrected chi connectivity index (χ2v) is 8.70. The Morgan fingerprint density at radius 1 is 1.17 bits per heavy atom. The average Bonchev–Trinajstić information content (AvgIpc) is 2.70. The molecular weight excluding hydrogens is 417 g/mol. The van der Waals surface area contributed by atoms with E-state index in [-0.39, 0.29) is 11.3 Å². The van der Waals surface area contributed by atoms with Gasteiger partial charge in [-0.2, -0.15) is 0 Å². The topological polar surface area (TPSA) is 29.5 Å². The van der Waals surface area contributed by atoms with Crippen molar-refractivity contribution in [3.63, 3.8) is 0 Å². The summed E-state index contributed by atoms with van der Waals surface area (Å²) < 4.78 is 6.00. The van der Waals surface area contributed by atoms with Crippen molar-refractivity contribution in [2.45, 2.75) is 38.6 Å². The van der Waals surface area contributed by atoms with Crippen LogP contribution >= 0.6 is 23.2 Å². The number of ether oxygens (including phenoxy) is 1. The molecule has 1 atom stereocenters. The van der Waals surface area contributed by atoms with Gasteiger partial charge in [0, 0.05) is 11.6 Å². The zero-order chi connectivity index (χ0) is 21.1. The normalized spacial score (nSPS) is 17.6. The Morgan fingerprint density at radius 3 is 2.67 bits per heavy atom. The number of hydrogen-bond acceptors (Lipinski definition) is 3. The van der Waals surface area contributed by atoms with E-state index >= 15 is 0 Å². The number of rotatable bonds is 8. The van der Waals surface area contributed by atoms with Crippen molar-refractivity contribution in [2.75, 3.05) is 13.2 Å².